The third-order valence-corrected chi connectivity index (χ3v) is 11.6. The van der Waals surface area contributed by atoms with Gasteiger partial charge in [-0.3, -0.25) is 47.9 Å². The molecule has 14 N–H and O–H groups in total. The van der Waals surface area contributed by atoms with Gasteiger partial charge in [0, 0.05) is 13.0 Å². The standard InChI is InChI=1S/C44H77N11O12S/c1-21(2)18-28(50-36(58)25(9)45)38(60)49-27(15-17-68-10)43(65)55-16-11-12-31(55)41(63)53-34(23(5)6)42(64)52-29(19-22(3)4)39(61)51-30(20-33(47)57)40(62)48-26(13-14-32(46)56)37(59)54-35(24(7)8)44(66)67/h21-31,34-35H,11-20,45H2,1-10H3,(H2,46,56)(H2,47,57)(H,48,62)(H,49,60)(H,50,58)(H,51,61)(H,52,64)(H,53,63)(H,54,59)(H,66,67)/t25-,26-,27-,28-,29-,30-,31-,34-,35-/m0/s1. The summed E-state index contributed by atoms with van der Waals surface area (Å²) in [6, 6.07) is -11.1. The quantitative estimate of drug-likeness (QED) is 0.0375. The fourth-order valence-electron chi connectivity index (χ4n) is 7.30. The summed E-state index contributed by atoms with van der Waals surface area (Å²) in [7, 11) is 0. The number of primary amides is 2. The Morgan fingerprint density at radius 3 is 1.51 bits per heavy atom. The first kappa shape index (κ1) is 60.5. The van der Waals surface area contributed by atoms with E-state index in [4.69, 9.17) is 17.2 Å². The van der Waals surface area contributed by atoms with E-state index in [1.54, 1.807) is 41.5 Å². The molecule has 0 radical (unpaired) electrons. The van der Waals surface area contributed by atoms with Crippen LogP contribution >= 0.6 is 11.8 Å². The molecule has 0 spiro atoms. The summed E-state index contributed by atoms with van der Waals surface area (Å²) >= 11 is 1.45. The van der Waals surface area contributed by atoms with Gasteiger partial charge in [-0.05, 0) is 81.1 Å². The Hall–Kier alpha value is -5.52. The van der Waals surface area contributed by atoms with Crippen LogP contribution in [-0.4, -0.2) is 148 Å². The summed E-state index contributed by atoms with van der Waals surface area (Å²) < 4.78 is 0. The van der Waals surface area contributed by atoms with Gasteiger partial charge in [0.05, 0.1) is 12.5 Å². The Balaban J connectivity index is 3.37. The van der Waals surface area contributed by atoms with Crippen LogP contribution in [0.25, 0.3) is 0 Å². The number of carbonyl (C=O) groups is 11. The second kappa shape index (κ2) is 29.4. The van der Waals surface area contributed by atoms with Crippen LogP contribution in [0.3, 0.4) is 0 Å². The predicted octanol–water partition coefficient (Wildman–Crippen LogP) is -1.90. The molecule has 24 heteroatoms. The molecule has 0 unspecified atom stereocenters. The molecule has 0 aromatic rings. The van der Waals surface area contributed by atoms with Gasteiger partial charge in [-0.2, -0.15) is 11.8 Å². The fourth-order valence-corrected chi connectivity index (χ4v) is 7.77. The molecular weight excluding hydrogens is 907 g/mol. The van der Waals surface area contributed by atoms with Gasteiger partial charge in [0.25, 0.3) is 0 Å². The smallest absolute Gasteiger partial charge is 0.326 e. The molecular formula is C44H77N11O12S. The lowest BCUT2D eigenvalue weighted by Crippen LogP contribution is -2.61. The highest BCUT2D eigenvalue weighted by Gasteiger charge is 2.41. The van der Waals surface area contributed by atoms with Gasteiger partial charge in [-0.15, -0.1) is 0 Å². The van der Waals surface area contributed by atoms with Crippen molar-refractivity contribution in [1.29, 1.82) is 0 Å². The molecule has 1 rings (SSSR count). The van der Waals surface area contributed by atoms with Crippen LogP contribution < -0.4 is 54.4 Å². The summed E-state index contributed by atoms with van der Waals surface area (Å²) in [5.41, 5.74) is 16.4. The van der Waals surface area contributed by atoms with E-state index < -0.39 is 144 Å². The number of rotatable bonds is 30. The van der Waals surface area contributed by atoms with E-state index in [0.717, 1.165) is 0 Å². The topological polar surface area (TPSA) is 374 Å². The number of hydrogen-bond donors (Lipinski definition) is 11. The maximum atomic E-state index is 14.2. The zero-order chi connectivity index (χ0) is 52.2. The Morgan fingerprint density at radius 1 is 0.588 bits per heavy atom. The van der Waals surface area contributed by atoms with Crippen LogP contribution in [0, 0.1) is 23.7 Å². The molecule has 68 heavy (non-hydrogen) atoms. The molecule has 1 fully saturated rings. The first-order valence-corrected chi connectivity index (χ1v) is 24.5. The Bertz CT molecular complexity index is 1800. The molecule has 0 aliphatic carbocycles. The molecule has 0 saturated carbocycles. The molecule has 10 amide bonds. The van der Waals surface area contributed by atoms with E-state index in [2.05, 4.69) is 37.2 Å². The van der Waals surface area contributed by atoms with E-state index in [0.29, 0.717) is 12.2 Å². The van der Waals surface area contributed by atoms with Crippen molar-refractivity contribution in [2.75, 3.05) is 18.6 Å². The highest BCUT2D eigenvalue weighted by Crippen LogP contribution is 2.21. The molecule has 23 nitrogen and oxygen atoms in total. The first-order valence-electron chi connectivity index (χ1n) is 23.1. The molecule has 1 heterocycles. The van der Waals surface area contributed by atoms with Gasteiger partial charge < -0.3 is 64.4 Å². The fraction of sp³-hybridized carbons (Fsp3) is 0.750. The SMILES string of the molecule is CSCC[C@H](NC(=O)[C@H](CC(C)C)NC(=O)[C@H](C)N)C(=O)N1CCC[C@H]1C(=O)N[C@H](C(=O)N[C@@H](CC(C)C)C(=O)N[C@@H](CC(N)=O)C(=O)N[C@@H](CCC(N)=O)C(=O)N[C@H](C(=O)O)C(C)C)C(C)C. The zero-order valence-corrected chi connectivity index (χ0v) is 41.9. The number of carboxylic acid groups (broad SMARTS) is 1. The van der Waals surface area contributed by atoms with Crippen LogP contribution in [0.1, 0.15) is 114 Å². The van der Waals surface area contributed by atoms with E-state index in [-0.39, 0.29) is 50.5 Å². The summed E-state index contributed by atoms with van der Waals surface area (Å²) in [4.78, 5) is 146. The highest BCUT2D eigenvalue weighted by atomic mass is 32.2. The van der Waals surface area contributed by atoms with E-state index in [1.165, 1.54) is 23.6 Å². The number of nitrogens with one attached hydrogen (secondary N) is 7. The van der Waals surface area contributed by atoms with Gasteiger partial charge >= 0.3 is 5.97 Å². The Morgan fingerprint density at radius 2 is 1.06 bits per heavy atom. The molecule has 9 atom stereocenters. The molecule has 0 aromatic carbocycles. The molecule has 386 valence electrons. The van der Waals surface area contributed by atoms with Gasteiger partial charge in [-0.25, -0.2) is 4.79 Å². The third-order valence-electron chi connectivity index (χ3n) is 11.0. The summed E-state index contributed by atoms with van der Waals surface area (Å²) in [5, 5.41) is 27.5. The van der Waals surface area contributed by atoms with Gasteiger partial charge in [0.1, 0.15) is 48.3 Å². The maximum Gasteiger partial charge on any atom is 0.326 e. The van der Waals surface area contributed by atoms with E-state index >= 15 is 0 Å². The number of nitrogens with two attached hydrogens (primary N) is 3. The number of carbonyl (C=O) groups excluding carboxylic acids is 10. The molecule has 0 aromatic heterocycles. The van der Waals surface area contributed by atoms with Crippen molar-refractivity contribution in [3.63, 3.8) is 0 Å². The summed E-state index contributed by atoms with van der Waals surface area (Å²) in [6.45, 7) is 15.3. The number of amides is 10. The number of hydrogen-bond acceptors (Lipinski definition) is 13. The first-order chi connectivity index (χ1) is 31.6. The Labute approximate surface area is 403 Å². The maximum absolute atomic E-state index is 14.2. The largest absolute Gasteiger partial charge is 0.480 e. The lowest BCUT2D eigenvalue weighted by atomic mass is 9.99. The monoisotopic (exact) mass is 984 g/mol. The van der Waals surface area contributed by atoms with Crippen molar-refractivity contribution < 1.29 is 57.8 Å². The lowest BCUT2D eigenvalue weighted by Gasteiger charge is -2.32. The number of nitrogens with zero attached hydrogens (tertiary/aromatic N) is 1. The van der Waals surface area contributed by atoms with Crippen molar-refractivity contribution in [2.45, 2.75) is 168 Å². The van der Waals surface area contributed by atoms with Crippen molar-refractivity contribution >= 4 is 76.8 Å². The van der Waals surface area contributed by atoms with Gasteiger partial charge in [0.15, 0.2) is 0 Å². The lowest BCUT2D eigenvalue weighted by molar-refractivity contribution is -0.143. The van der Waals surface area contributed by atoms with E-state index in [9.17, 15) is 57.8 Å². The van der Waals surface area contributed by atoms with Crippen molar-refractivity contribution in [2.24, 2.45) is 40.9 Å². The van der Waals surface area contributed by atoms with Crippen molar-refractivity contribution in [1.82, 2.24) is 42.1 Å². The van der Waals surface area contributed by atoms with Crippen LogP contribution in [0.4, 0.5) is 0 Å². The zero-order valence-electron chi connectivity index (χ0n) is 41.1. The molecule has 1 aliphatic rings. The van der Waals surface area contributed by atoms with Gasteiger partial charge in [-0.1, -0.05) is 55.4 Å². The third kappa shape index (κ3) is 20.8. The minimum atomic E-state index is -1.71. The van der Waals surface area contributed by atoms with Crippen LogP contribution in [0.2, 0.25) is 0 Å². The molecule has 1 saturated heterocycles. The molecule has 0 bridgehead atoms. The predicted molar refractivity (Wildman–Crippen MR) is 253 cm³/mol. The Kier molecular flexibility index (Phi) is 26.1. The average molecular weight is 984 g/mol. The minimum absolute atomic E-state index is 0.00516. The van der Waals surface area contributed by atoms with Crippen LogP contribution in [0.5, 0.6) is 0 Å². The number of carboxylic acids is 1. The van der Waals surface area contributed by atoms with Crippen molar-refractivity contribution in [3.05, 3.63) is 0 Å². The van der Waals surface area contributed by atoms with Crippen molar-refractivity contribution in [3.8, 4) is 0 Å². The highest BCUT2D eigenvalue weighted by molar-refractivity contribution is 7.98. The number of likely N-dealkylation sites (tertiary alicyclic amines) is 1. The second-order valence-corrected chi connectivity index (χ2v) is 19.8. The normalized spacial score (nSPS) is 17.2. The number of thioether (sulfide) groups is 1. The summed E-state index contributed by atoms with van der Waals surface area (Å²) in [5.74, 6) is -10.1. The number of aliphatic carboxylic acids is 1. The summed E-state index contributed by atoms with van der Waals surface area (Å²) in [6.07, 6.45) is 1.52. The second-order valence-electron chi connectivity index (χ2n) is 18.8. The molecule has 1 aliphatic heterocycles. The van der Waals surface area contributed by atoms with E-state index in [1.807, 2.05) is 20.1 Å². The van der Waals surface area contributed by atoms with Gasteiger partial charge in [0.2, 0.25) is 59.1 Å². The van der Waals surface area contributed by atoms with Crippen LogP contribution in [0.15, 0.2) is 0 Å². The minimum Gasteiger partial charge on any atom is -0.480 e. The average Bonchev–Trinajstić information content (AvgIpc) is 3.73. The van der Waals surface area contributed by atoms with Crippen LogP contribution in [-0.2, 0) is 52.7 Å².